The molecule has 0 aromatic heterocycles. The molecule has 0 aliphatic heterocycles. The van der Waals surface area contributed by atoms with Gasteiger partial charge in [0.2, 0.25) is 0 Å². The third kappa shape index (κ3) is 3.80. The molecule has 2 N–H and O–H groups in total. The van der Waals surface area contributed by atoms with Gasteiger partial charge in [-0.3, -0.25) is 0 Å². The van der Waals surface area contributed by atoms with Gasteiger partial charge in [-0.1, -0.05) is 6.07 Å². The zero-order chi connectivity index (χ0) is 14.6. The summed E-state index contributed by atoms with van der Waals surface area (Å²) in [6, 6.07) is 2.77. The third-order valence-electron chi connectivity index (χ3n) is 2.75. The Bertz CT molecular complexity index is 469. The van der Waals surface area contributed by atoms with E-state index in [0.717, 1.165) is 0 Å². The number of halogens is 3. The van der Waals surface area contributed by atoms with E-state index >= 15 is 0 Å². The molecule has 114 valence electrons. The molecule has 0 bridgehead atoms. The van der Waals surface area contributed by atoms with Gasteiger partial charge in [-0.25, -0.2) is 4.79 Å². The minimum atomic E-state index is -3.77. The van der Waals surface area contributed by atoms with E-state index in [1.165, 1.54) is 26.2 Å². The number of aryl methyl sites for hydroxylation is 1. The van der Waals surface area contributed by atoms with Crippen LogP contribution in [-0.4, -0.2) is 25.6 Å². The lowest BCUT2D eigenvalue weighted by Crippen LogP contribution is -2.42. The molecule has 0 amide bonds. The number of ether oxygens (including phenoxy) is 2. The molecule has 0 spiro atoms. The van der Waals surface area contributed by atoms with Crippen LogP contribution in [0, 0.1) is 6.92 Å². The number of hydrogen-bond donors (Lipinski definition) is 1. The lowest BCUT2D eigenvalue weighted by atomic mass is 9.96. The van der Waals surface area contributed by atoms with Crippen molar-refractivity contribution in [3.05, 3.63) is 29.3 Å². The lowest BCUT2D eigenvalue weighted by Gasteiger charge is -2.23. The summed E-state index contributed by atoms with van der Waals surface area (Å²) in [5.74, 6) is -4.85. The number of hydrogen-bond acceptors (Lipinski definition) is 4. The number of rotatable bonds is 5. The number of esters is 1. The maximum Gasteiger partial charge on any atom is 0.379 e. The zero-order valence-electron chi connectivity index (χ0n) is 11.5. The van der Waals surface area contributed by atoms with Crippen LogP contribution in [0.25, 0.3) is 0 Å². The van der Waals surface area contributed by atoms with E-state index in [2.05, 4.69) is 4.74 Å². The van der Waals surface area contributed by atoms with Gasteiger partial charge in [-0.05, 0) is 37.1 Å². The second kappa shape index (κ2) is 7.40. The molecular formula is C13H18ClF2NO3. The van der Waals surface area contributed by atoms with Crippen molar-refractivity contribution in [1.29, 1.82) is 0 Å². The number of benzene rings is 1. The summed E-state index contributed by atoms with van der Waals surface area (Å²) in [5, 5.41) is 0. The van der Waals surface area contributed by atoms with E-state index in [-0.39, 0.29) is 24.6 Å². The first-order valence-electron chi connectivity index (χ1n) is 5.79. The summed E-state index contributed by atoms with van der Waals surface area (Å²) < 4.78 is 37.0. The molecule has 7 heteroatoms. The van der Waals surface area contributed by atoms with E-state index in [1.54, 1.807) is 13.0 Å². The molecule has 0 saturated heterocycles. The van der Waals surface area contributed by atoms with Crippen molar-refractivity contribution >= 4 is 18.4 Å². The molecule has 4 nitrogen and oxygen atoms in total. The Balaban J connectivity index is 0.00000361. The standard InChI is InChI=1S/C13H17F2NO3.ClH/c1-4-19-12(17)13(14,15)11(16)10-6-5-9(18-3)7-8(10)2;/h5-7,11H,4,16H2,1-3H3;1H/t11-;/m0./s1. The first-order chi connectivity index (χ1) is 8.84. The number of carbonyl (C=O) groups is 1. The van der Waals surface area contributed by atoms with Gasteiger partial charge in [0.25, 0.3) is 0 Å². The zero-order valence-corrected chi connectivity index (χ0v) is 12.3. The molecule has 20 heavy (non-hydrogen) atoms. The number of methoxy groups -OCH3 is 1. The maximum absolute atomic E-state index is 13.8. The molecular weight excluding hydrogens is 292 g/mol. The Morgan fingerprint density at radius 1 is 1.45 bits per heavy atom. The fourth-order valence-electron chi connectivity index (χ4n) is 1.67. The van der Waals surface area contributed by atoms with Crippen molar-refractivity contribution in [1.82, 2.24) is 0 Å². The molecule has 0 radical (unpaired) electrons. The van der Waals surface area contributed by atoms with Crippen molar-refractivity contribution in [2.75, 3.05) is 13.7 Å². The molecule has 1 rings (SSSR count). The molecule has 0 heterocycles. The lowest BCUT2D eigenvalue weighted by molar-refractivity contribution is -0.174. The predicted molar refractivity (Wildman–Crippen MR) is 73.5 cm³/mol. The van der Waals surface area contributed by atoms with Crippen molar-refractivity contribution in [2.45, 2.75) is 25.8 Å². The van der Waals surface area contributed by atoms with Crippen molar-refractivity contribution in [2.24, 2.45) is 5.73 Å². The van der Waals surface area contributed by atoms with Crippen molar-refractivity contribution < 1.29 is 23.0 Å². The van der Waals surface area contributed by atoms with Gasteiger partial charge in [0.1, 0.15) is 11.8 Å². The average Bonchev–Trinajstić information content (AvgIpc) is 2.37. The molecule has 0 unspecified atom stereocenters. The number of carbonyl (C=O) groups excluding carboxylic acids is 1. The Kier molecular flexibility index (Phi) is 6.88. The summed E-state index contributed by atoms with van der Waals surface area (Å²) >= 11 is 0. The van der Waals surface area contributed by atoms with Crippen LogP contribution in [0.15, 0.2) is 18.2 Å². The second-order valence-corrected chi connectivity index (χ2v) is 4.04. The SMILES string of the molecule is CCOC(=O)C(F)(F)[C@@H](N)c1ccc(OC)cc1C.Cl. The normalized spacial score (nSPS) is 12.3. The average molecular weight is 310 g/mol. The largest absolute Gasteiger partial charge is 0.497 e. The summed E-state index contributed by atoms with van der Waals surface area (Å²) in [4.78, 5) is 11.2. The van der Waals surface area contributed by atoms with Crippen LogP contribution in [-0.2, 0) is 9.53 Å². The van der Waals surface area contributed by atoms with Gasteiger partial charge >= 0.3 is 11.9 Å². The molecule has 0 aliphatic rings. The van der Waals surface area contributed by atoms with E-state index in [9.17, 15) is 13.6 Å². The van der Waals surface area contributed by atoms with Gasteiger partial charge in [-0.15, -0.1) is 12.4 Å². The first kappa shape index (κ1) is 18.6. The molecule has 0 saturated carbocycles. The topological polar surface area (TPSA) is 61.5 Å². The number of alkyl halides is 2. The van der Waals surface area contributed by atoms with Crippen LogP contribution >= 0.6 is 12.4 Å². The Hall–Kier alpha value is -1.40. The van der Waals surface area contributed by atoms with E-state index in [1.807, 2.05) is 0 Å². The maximum atomic E-state index is 13.8. The van der Waals surface area contributed by atoms with Crippen LogP contribution in [0.5, 0.6) is 5.75 Å². The smallest absolute Gasteiger partial charge is 0.379 e. The minimum Gasteiger partial charge on any atom is -0.497 e. The van der Waals surface area contributed by atoms with E-state index in [0.29, 0.717) is 11.3 Å². The summed E-state index contributed by atoms with van der Waals surface area (Å²) in [6.45, 7) is 2.96. The first-order valence-corrected chi connectivity index (χ1v) is 5.79. The van der Waals surface area contributed by atoms with E-state index < -0.39 is 17.9 Å². The Morgan fingerprint density at radius 2 is 2.05 bits per heavy atom. The third-order valence-corrected chi connectivity index (χ3v) is 2.75. The Morgan fingerprint density at radius 3 is 2.50 bits per heavy atom. The molecule has 0 aliphatic carbocycles. The van der Waals surface area contributed by atoms with Gasteiger partial charge < -0.3 is 15.2 Å². The number of nitrogens with two attached hydrogens (primary N) is 1. The highest BCUT2D eigenvalue weighted by atomic mass is 35.5. The summed E-state index contributed by atoms with van der Waals surface area (Å²) in [5.41, 5.74) is 6.21. The predicted octanol–water partition coefficient (Wildman–Crippen LogP) is 2.62. The molecule has 1 aromatic carbocycles. The summed E-state index contributed by atoms with van der Waals surface area (Å²) in [7, 11) is 1.47. The highest BCUT2D eigenvalue weighted by Gasteiger charge is 2.48. The van der Waals surface area contributed by atoms with Crippen molar-refractivity contribution in [3.63, 3.8) is 0 Å². The van der Waals surface area contributed by atoms with Crippen LogP contribution in [0.1, 0.15) is 24.1 Å². The summed E-state index contributed by atoms with van der Waals surface area (Å²) in [6.07, 6.45) is 0. The Labute approximate surface area is 122 Å². The van der Waals surface area contributed by atoms with E-state index in [4.69, 9.17) is 10.5 Å². The van der Waals surface area contributed by atoms with Gasteiger partial charge in [0.05, 0.1) is 13.7 Å². The van der Waals surface area contributed by atoms with Crippen LogP contribution < -0.4 is 10.5 Å². The quantitative estimate of drug-likeness (QED) is 0.849. The monoisotopic (exact) mass is 309 g/mol. The molecule has 1 aromatic rings. The highest BCUT2D eigenvalue weighted by Crippen LogP contribution is 2.33. The van der Waals surface area contributed by atoms with Gasteiger partial charge in [-0.2, -0.15) is 8.78 Å². The van der Waals surface area contributed by atoms with Crippen LogP contribution in [0.2, 0.25) is 0 Å². The van der Waals surface area contributed by atoms with Crippen LogP contribution in [0.3, 0.4) is 0 Å². The molecule has 1 atom stereocenters. The van der Waals surface area contributed by atoms with Crippen molar-refractivity contribution in [3.8, 4) is 5.75 Å². The fourth-order valence-corrected chi connectivity index (χ4v) is 1.67. The molecule has 0 fully saturated rings. The highest BCUT2D eigenvalue weighted by molar-refractivity contribution is 5.85. The minimum absolute atomic E-state index is 0. The van der Waals surface area contributed by atoms with Gasteiger partial charge in [0, 0.05) is 0 Å². The second-order valence-electron chi connectivity index (χ2n) is 4.04. The van der Waals surface area contributed by atoms with Crippen LogP contribution in [0.4, 0.5) is 8.78 Å². The van der Waals surface area contributed by atoms with Gasteiger partial charge in [0.15, 0.2) is 0 Å². The fraction of sp³-hybridized carbons (Fsp3) is 0.462.